The van der Waals surface area contributed by atoms with Crippen LogP contribution in [-0.4, -0.2) is 40.0 Å². The molecule has 4 unspecified atom stereocenters. The molecule has 0 bridgehead atoms. The van der Waals surface area contributed by atoms with E-state index in [0.29, 0.717) is 5.92 Å². The molecule has 1 aromatic heterocycles. The van der Waals surface area contributed by atoms with Crippen molar-refractivity contribution in [3.63, 3.8) is 0 Å². The van der Waals surface area contributed by atoms with E-state index in [0.717, 1.165) is 11.1 Å². The molecule has 0 radical (unpaired) electrons. The average molecular weight is 490 g/mol. The molecule has 0 spiro atoms. The third-order valence-electron chi connectivity index (χ3n) is 6.82. The predicted molar refractivity (Wildman–Crippen MR) is 137 cm³/mol. The monoisotopic (exact) mass is 489 g/mol. The van der Waals surface area contributed by atoms with E-state index in [-0.39, 0.29) is 18.5 Å². The highest BCUT2D eigenvalue weighted by molar-refractivity contribution is 5.90. The van der Waals surface area contributed by atoms with Gasteiger partial charge in [0, 0.05) is 18.7 Å². The fourth-order valence-corrected chi connectivity index (χ4v) is 4.71. The van der Waals surface area contributed by atoms with Crippen LogP contribution in [0.15, 0.2) is 83.8 Å². The Labute approximate surface area is 210 Å². The van der Waals surface area contributed by atoms with Gasteiger partial charge in [0.2, 0.25) is 11.8 Å². The molecule has 6 nitrogen and oxygen atoms in total. The number of halogens is 1. The summed E-state index contributed by atoms with van der Waals surface area (Å²) in [6.07, 6.45) is 0.127. The molecule has 1 aliphatic heterocycles. The van der Waals surface area contributed by atoms with Crippen LogP contribution >= 0.6 is 0 Å². The number of carbonyl (C=O) groups is 2. The third-order valence-corrected chi connectivity index (χ3v) is 6.82. The zero-order chi connectivity index (χ0) is 25.8. The molecule has 36 heavy (non-hydrogen) atoms. The van der Waals surface area contributed by atoms with Crippen molar-refractivity contribution in [2.75, 3.05) is 6.54 Å². The quantitative estimate of drug-likeness (QED) is 0.536. The van der Waals surface area contributed by atoms with E-state index in [2.05, 4.69) is 19.2 Å². The van der Waals surface area contributed by atoms with Gasteiger partial charge in [-0.25, -0.2) is 4.39 Å². The fourth-order valence-electron chi connectivity index (χ4n) is 4.71. The van der Waals surface area contributed by atoms with Gasteiger partial charge in [-0.1, -0.05) is 74.5 Å². The Morgan fingerprint density at radius 2 is 1.50 bits per heavy atom. The Morgan fingerprint density at radius 3 is 2.14 bits per heavy atom. The lowest BCUT2D eigenvalue weighted by atomic mass is 9.95. The number of likely N-dealkylation sites (tertiary alicyclic amines) is 1. The summed E-state index contributed by atoms with van der Waals surface area (Å²) in [5.41, 5.74) is 2.65. The van der Waals surface area contributed by atoms with E-state index in [4.69, 9.17) is 0 Å². The molecule has 1 aliphatic rings. The largest absolute Gasteiger partial charge is 0.343 e. The summed E-state index contributed by atoms with van der Waals surface area (Å²) < 4.78 is 15.8. The summed E-state index contributed by atoms with van der Waals surface area (Å²) >= 11 is 0. The van der Waals surface area contributed by atoms with Gasteiger partial charge < -0.3 is 14.8 Å². The molecule has 2 heterocycles. The molecular formula is C29H32FN3O3. The molecular weight excluding hydrogens is 457 g/mol. The lowest BCUT2D eigenvalue weighted by molar-refractivity contribution is -0.141. The molecule has 7 heteroatoms. The van der Waals surface area contributed by atoms with Crippen molar-refractivity contribution in [1.29, 1.82) is 0 Å². The SMILES string of the molecule is CC(C)c1ccc(C(NC(=O)C2CC(F)CN2C(=O)C(C)n2ccccc2=O)c2ccccc2)cc1. The minimum atomic E-state index is -1.31. The van der Waals surface area contributed by atoms with E-state index >= 15 is 0 Å². The van der Waals surface area contributed by atoms with Gasteiger partial charge >= 0.3 is 0 Å². The molecule has 0 aliphatic carbocycles. The maximum Gasteiger partial charge on any atom is 0.251 e. The lowest BCUT2D eigenvalue weighted by Gasteiger charge is -2.29. The second kappa shape index (κ2) is 10.9. The Balaban J connectivity index is 1.59. The Kier molecular flexibility index (Phi) is 7.67. The van der Waals surface area contributed by atoms with Crippen LogP contribution in [0.4, 0.5) is 4.39 Å². The highest BCUT2D eigenvalue weighted by Crippen LogP contribution is 2.28. The maximum atomic E-state index is 14.6. The van der Waals surface area contributed by atoms with Crippen molar-refractivity contribution in [3.05, 3.63) is 106 Å². The second-order valence-corrected chi connectivity index (χ2v) is 9.64. The summed E-state index contributed by atoms with van der Waals surface area (Å²) in [4.78, 5) is 40.3. The average Bonchev–Trinajstić information content (AvgIpc) is 3.29. The molecule has 2 aromatic carbocycles. The van der Waals surface area contributed by atoms with Crippen molar-refractivity contribution in [3.8, 4) is 0 Å². The van der Waals surface area contributed by atoms with E-state index in [1.807, 2.05) is 54.6 Å². The Bertz CT molecular complexity index is 1260. The number of alkyl halides is 1. The smallest absolute Gasteiger partial charge is 0.251 e. The van der Waals surface area contributed by atoms with Crippen molar-refractivity contribution in [2.45, 2.75) is 57.4 Å². The second-order valence-electron chi connectivity index (χ2n) is 9.64. The molecule has 0 saturated carbocycles. The molecule has 188 valence electrons. The first-order chi connectivity index (χ1) is 17.3. The topological polar surface area (TPSA) is 71.4 Å². The number of hydrogen-bond acceptors (Lipinski definition) is 3. The first kappa shape index (κ1) is 25.4. The van der Waals surface area contributed by atoms with Gasteiger partial charge in [0.1, 0.15) is 18.3 Å². The number of nitrogens with zero attached hydrogens (tertiary/aromatic N) is 2. The summed E-state index contributed by atoms with van der Waals surface area (Å²) in [5.74, 6) is -0.499. The standard InChI is InChI=1S/C29H32FN3O3/c1-19(2)21-12-14-23(15-13-21)27(22-9-5-4-6-10-22)31-28(35)25-17-24(30)18-33(25)29(36)20(3)32-16-8-7-11-26(32)34/h4-16,19-20,24-25,27H,17-18H2,1-3H3,(H,31,35). The number of amides is 2. The van der Waals surface area contributed by atoms with E-state index in [1.165, 1.54) is 27.3 Å². The first-order valence-electron chi connectivity index (χ1n) is 12.3. The number of hydrogen-bond donors (Lipinski definition) is 1. The lowest BCUT2D eigenvalue weighted by Crippen LogP contribution is -2.49. The summed E-state index contributed by atoms with van der Waals surface area (Å²) in [6, 6.07) is 20.0. The van der Waals surface area contributed by atoms with E-state index in [1.54, 1.807) is 19.1 Å². The number of carbonyl (C=O) groups excluding carboxylic acids is 2. The van der Waals surface area contributed by atoms with Crippen LogP contribution in [0, 0.1) is 0 Å². The highest BCUT2D eigenvalue weighted by Gasteiger charge is 2.42. The Morgan fingerprint density at radius 1 is 0.889 bits per heavy atom. The van der Waals surface area contributed by atoms with Gasteiger partial charge in [-0.15, -0.1) is 0 Å². The van der Waals surface area contributed by atoms with E-state index in [9.17, 15) is 18.8 Å². The van der Waals surface area contributed by atoms with Crippen molar-refractivity contribution in [1.82, 2.24) is 14.8 Å². The van der Waals surface area contributed by atoms with Crippen LogP contribution in [0.25, 0.3) is 0 Å². The van der Waals surface area contributed by atoms with Gasteiger partial charge in [-0.05, 0) is 35.6 Å². The number of pyridine rings is 1. The minimum Gasteiger partial charge on any atom is -0.343 e. The van der Waals surface area contributed by atoms with Crippen LogP contribution in [0.2, 0.25) is 0 Å². The normalized spacial score (nSPS) is 19.2. The van der Waals surface area contributed by atoms with Crippen molar-refractivity contribution in [2.24, 2.45) is 0 Å². The first-order valence-corrected chi connectivity index (χ1v) is 12.3. The molecule has 4 rings (SSSR count). The molecule has 1 saturated heterocycles. The molecule has 1 fully saturated rings. The predicted octanol–water partition coefficient (Wildman–Crippen LogP) is 4.38. The zero-order valence-corrected chi connectivity index (χ0v) is 20.8. The summed E-state index contributed by atoms with van der Waals surface area (Å²) in [5, 5.41) is 3.07. The zero-order valence-electron chi connectivity index (χ0n) is 20.8. The number of aromatic nitrogens is 1. The van der Waals surface area contributed by atoms with Gasteiger partial charge in [-0.2, -0.15) is 0 Å². The van der Waals surface area contributed by atoms with Crippen molar-refractivity contribution >= 4 is 11.8 Å². The van der Waals surface area contributed by atoms with Crippen LogP contribution in [0.1, 0.15) is 61.9 Å². The van der Waals surface area contributed by atoms with Crippen molar-refractivity contribution < 1.29 is 14.0 Å². The van der Waals surface area contributed by atoms with Crippen LogP contribution in [0.3, 0.4) is 0 Å². The highest BCUT2D eigenvalue weighted by atomic mass is 19.1. The fraction of sp³-hybridized carbons (Fsp3) is 0.345. The van der Waals surface area contributed by atoms with Crippen LogP contribution < -0.4 is 10.9 Å². The summed E-state index contributed by atoms with van der Waals surface area (Å²) in [6.45, 7) is 5.65. The van der Waals surface area contributed by atoms with Crippen LogP contribution in [0.5, 0.6) is 0 Å². The van der Waals surface area contributed by atoms with Gasteiger partial charge in [-0.3, -0.25) is 14.4 Å². The number of nitrogens with one attached hydrogen (secondary N) is 1. The van der Waals surface area contributed by atoms with Gasteiger partial charge in [0.25, 0.3) is 5.56 Å². The third kappa shape index (κ3) is 5.40. The molecule has 2 amide bonds. The number of benzene rings is 2. The molecule has 3 aromatic rings. The van der Waals surface area contributed by atoms with Crippen LogP contribution in [-0.2, 0) is 9.59 Å². The minimum absolute atomic E-state index is 0.0816. The maximum absolute atomic E-state index is 14.6. The number of rotatable bonds is 7. The Hall–Kier alpha value is -3.74. The van der Waals surface area contributed by atoms with E-state index < -0.39 is 36.1 Å². The molecule has 4 atom stereocenters. The van der Waals surface area contributed by atoms with Gasteiger partial charge in [0.05, 0.1) is 12.6 Å². The molecule has 1 N–H and O–H groups in total. The van der Waals surface area contributed by atoms with Gasteiger partial charge in [0.15, 0.2) is 0 Å². The summed E-state index contributed by atoms with van der Waals surface area (Å²) in [7, 11) is 0.